The maximum Gasteiger partial charge on any atom is 0.269 e. The molecule has 0 aliphatic heterocycles. The van der Waals surface area contributed by atoms with E-state index in [4.69, 9.17) is 0 Å². The summed E-state index contributed by atoms with van der Waals surface area (Å²) in [7, 11) is 0. The summed E-state index contributed by atoms with van der Waals surface area (Å²) < 4.78 is 1.03. The Bertz CT molecular complexity index is 991. The fraction of sp³-hybridized carbons (Fsp3) is 0.158. The van der Waals surface area contributed by atoms with Crippen LogP contribution in [0.4, 0.5) is 10.8 Å². The van der Waals surface area contributed by atoms with Gasteiger partial charge in [-0.25, -0.2) is 4.98 Å². The fourth-order valence-corrected chi connectivity index (χ4v) is 3.30. The number of carbonyl (C=O) groups excluding carboxylic acids is 1. The molecule has 1 amide bonds. The Morgan fingerprint density at radius 1 is 1.23 bits per heavy atom. The van der Waals surface area contributed by atoms with Crippen LogP contribution in [0.1, 0.15) is 30.9 Å². The molecule has 1 heterocycles. The first-order valence-electron chi connectivity index (χ1n) is 8.06. The van der Waals surface area contributed by atoms with Crippen LogP contribution in [0.3, 0.4) is 0 Å². The Hall–Kier alpha value is -3.06. The van der Waals surface area contributed by atoms with Gasteiger partial charge in [0.05, 0.1) is 15.1 Å². The second-order valence-corrected chi connectivity index (χ2v) is 7.10. The molecule has 1 aromatic heterocycles. The normalized spacial score (nSPS) is 11.3. The predicted octanol–water partition coefficient (Wildman–Crippen LogP) is 4.98. The van der Waals surface area contributed by atoms with Crippen LogP contribution in [0.2, 0.25) is 0 Å². The zero-order chi connectivity index (χ0) is 18.7. The Kier molecular flexibility index (Phi) is 5.09. The lowest BCUT2D eigenvalue weighted by Crippen LogP contribution is -2.07. The largest absolute Gasteiger partial charge is 0.298 e. The zero-order valence-corrected chi connectivity index (χ0v) is 15.1. The average Bonchev–Trinajstić information content (AvgIpc) is 3.01. The van der Waals surface area contributed by atoms with E-state index in [1.807, 2.05) is 12.1 Å². The first-order chi connectivity index (χ1) is 12.4. The van der Waals surface area contributed by atoms with E-state index in [1.165, 1.54) is 35.1 Å². The molecule has 7 heteroatoms. The van der Waals surface area contributed by atoms with Gasteiger partial charge in [-0.1, -0.05) is 31.3 Å². The van der Waals surface area contributed by atoms with Crippen LogP contribution >= 0.6 is 11.3 Å². The van der Waals surface area contributed by atoms with Gasteiger partial charge in [-0.15, -0.1) is 0 Å². The molecule has 0 aliphatic rings. The van der Waals surface area contributed by atoms with E-state index in [0.29, 0.717) is 16.6 Å². The Balaban J connectivity index is 1.69. The summed E-state index contributed by atoms with van der Waals surface area (Å²) in [5, 5.41) is 13.9. The molecular formula is C19H17N3O3S. The summed E-state index contributed by atoms with van der Waals surface area (Å²) >= 11 is 1.43. The van der Waals surface area contributed by atoms with Crippen LogP contribution in [0.25, 0.3) is 16.3 Å². The number of aromatic nitrogens is 1. The highest BCUT2D eigenvalue weighted by atomic mass is 32.1. The van der Waals surface area contributed by atoms with Crippen LogP contribution in [0, 0.1) is 10.1 Å². The van der Waals surface area contributed by atoms with Crippen LogP contribution in [-0.4, -0.2) is 15.8 Å². The van der Waals surface area contributed by atoms with Crippen molar-refractivity contribution in [2.75, 3.05) is 5.32 Å². The summed E-state index contributed by atoms with van der Waals surface area (Å²) in [5.74, 6) is 0.135. The van der Waals surface area contributed by atoms with Crippen molar-refractivity contribution < 1.29 is 9.72 Å². The number of benzene rings is 2. The lowest BCUT2D eigenvalue weighted by Gasteiger charge is -2.03. The molecule has 0 unspecified atom stereocenters. The van der Waals surface area contributed by atoms with Gasteiger partial charge in [-0.05, 0) is 47.4 Å². The Morgan fingerprint density at radius 2 is 1.96 bits per heavy atom. The number of hydrogen-bond donors (Lipinski definition) is 1. The van der Waals surface area contributed by atoms with Gasteiger partial charge in [0.2, 0.25) is 5.91 Å². The van der Waals surface area contributed by atoms with Gasteiger partial charge >= 0.3 is 0 Å². The van der Waals surface area contributed by atoms with Gasteiger partial charge in [0.1, 0.15) is 0 Å². The van der Waals surface area contributed by atoms with Gasteiger partial charge in [-0.2, -0.15) is 0 Å². The van der Waals surface area contributed by atoms with E-state index >= 15 is 0 Å². The Labute approximate surface area is 154 Å². The maximum absolute atomic E-state index is 12.1. The number of nitro benzene ring substituents is 1. The minimum Gasteiger partial charge on any atom is -0.298 e. The molecule has 6 nitrogen and oxygen atoms in total. The average molecular weight is 367 g/mol. The van der Waals surface area contributed by atoms with Crippen LogP contribution in [0.5, 0.6) is 0 Å². The second-order valence-electron chi connectivity index (χ2n) is 6.07. The van der Waals surface area contributed by atoms with Crippen molar-refractivity contribution in [3.8, 4) is 0 Å². The van der Waals surface area contributed by atoms with Gasteiger partial charge in [0.25, 0.3) is 5.69 Å². The van der Waals surface area contributed by atoms with Gasteiger partial charge in [0.15, 0.2) is 5.13 Å². The molecule has 0 aliphatic carbocycles. The number of carbonyl (C=O) groups is 1. The second kappa shape index (κ2) is 7.45. The molecule has 26 heavy (non-hydrogen) atoms. The first-order valence-corrected chi connectivity index (χ1v) is 8.88. The van der Waals surface area contributed by atoms with E-state index in [-0.39, 0.29) is 11.6 Å². The minimum atomic E-state index is -0.460. The number of nitrogens with one attached hydrogen (secondary N) is 1. The van der Waals surface area contributed by atoms with Crippen molar-refractivity contribution in [2.24, 2.45) is 0 Å². The molecule has 3 aromatic rings. The number of rotatable bonds is 5. The highest BCUT2D eigenvalue weighted by molar-refractivity contribution is 7.22. The maximum atomic E-state index is 12.1. The lowest BCUT2D eigenvalue weighted by molar-refractivity contribution is -0.384. The van der Waals surface area contributed by atoms with Crippen LogP contribution in [-0.2, 0) is 4.79 Å². The van der Waals surface area contributed by atoms with Gasteiger partial charge in [0, 0.05) is 18.2 Å². The number of thiazole rings is 1. The number of anilines is 1. The molecule has 0 radical (unpaired) electrons. The van der Waals surface area contributed by atoms with Gasteiger partial charge < -0.3 is 0 Å². The molecule has 2 aromatic carbocycles. The standard InChI is InChI=1S/C19H17N3O3S/c1-12(2)14-6-9-16-17(11-14)26-19(20-16)21-18(23)10-5-13-3-7-15(8-4-13)22(24)25/h3-12H,1-2H3,(H,20,21,23)/b10-5-. The van der Waals surface area contributed by atoms with E-state index in [1.54, 1.807) is 18.2 Å². The number of nitrogens with zero attached hydrogens (tertiary/aromatic N) is 2. The van der Waals surface area contributed by atoms with Crippen molar-refractivity contribution >= 4 is 44.4 Å². The predicted molar refractivity (Wildman–Crippen MR) is 104 cm³/mol. The molecule has 3 rings (SSSR count). The molecule has 0 bridgehead atoms. The topological polar surface area (TPSA) is 85.1 Å². The highest BCUT2D eigenvalue weighted by Crippen LogP contribution is 2.29. The highest BCUT2D eigenvalue weighted by Gasteiger charge is 2.08. The monoisotopic (exact) mass is 367 g/mol. The van der Waals surface area contributed by atoms with E-state index in [2.05, 4.69) is 30.2 Å². The lowest BCUT2D eigenvalue weighted by atomic mass is 10.0. The first kappa shape index (κ1) is 17.8. The molecule has 0 atom stereocenters. The van der Waals surface area contributed by atoms with Crippen molar-refractivity contribution in [2.45, 2.75) is 19.8 Å². The van der Waals surface area contributed by atoms with Crippen LogP contribution < -0.4 is 5.32 Å². The third kappa shape index (κ3) is 4.12. The molecule has 132 valence electrons. The minimum absolute atomic E-state index is 0.0156. The molecule has 0 saturated heterocycles. The summed E-state index contributed by atoms with van der Waals surface area (Å²) in [5.41, 5.74) is 2.81. The van der Waals surface area contributed by atoms with Crippen LogP contribution in [0.15, 0.2) is 48.5 Å². The molecular weight excluding hydrogens is 350 g/mol. The van der Waals surface area contributed by atoms with Crippen molar-refractivity contribution in [1.82, 2.24) is 4.98 Å². The number of nitro groups is 1. The van der Waals surface area contributed by atoms with Gasteiger partial charge in [-0.3, -0.25) is 20.2 Å². The van der Waals surface area contributed by atoms with Crippen molar-refractivity contribution in [1.29, 1.82) is 0 Å². The van der Waals surface area contributed by atoms with E-state index in [0.717, 1.165) is 10.2 Å². The molecule has 1 N–H and O–H groups in total. The molecule has 0 saturated carbocycles. The number of hydrogen-bond acceptors (Lipinski definition) is 5. The third-order valence-corrected chi connectivity index (χ3v) is 4.77. The van der Waals surface area contributed by atoms with E-state index < -0.39 is 4.92 Å². The van der Waals surface area contributed by atoms with Crippen molar-refractivity contribution in [3.63, 3.8) is 0 Å². The quantitative estimate of drug-likeness (QED) is 0.391. The number of non-ortho nitro benzene ring substituents is 1. The summed E-state index contributed by atoms with van der Waals surface area (Å²) in [6.07, 6.45) is 2.98. The Morgan fingerprint density at radius 3 is 2.62 bits per heavy atom. The third-order valence-electron chi connectivity index (χ3n) is 3.84. The van der Waals surface area contributed by atoms with Crippen molar-refractivity contribution in [3.05, 3.63) is 69.8 Å². The smallest absolute Gasteiger partial charge is 0.269 e. The SMILES string of the molecule is CC(C)c1ccc2nc(NC(=O)/C=C\c3ccc([N+](=O)[O-])cc3)sc2c1. The fourth-order valence-electron chi connectivity index (χ4n) is 2.38. The van der Waals surface area contributed by atoms with E-state index in [9.17, 15) is 14.9 Å². The summed E-state index contributed by atoms with van der Waals surface area (Å²) in [6, 6.07) is 12.1. The number of fused-ring (bicyclic) bond motifs is 1. The summed E-state index contributed by atoms with van der Waals surface area (Å²) in [6.45, 7) is 4.27. The zero-order valence-electron chi connectivity index (χ0n) is 14.3. The molecule has 0 fully saturated rings. The number of amides is 1. The molecule has 0 spiro atoms. The summed E-state index contributed by atoms with van der Waals surface area (Å²) in [4.78, 5) is 26.7.